The summed E-state index contributed by atoms with van der Waals surface area (Å²) in [4.78, 5) is 19.5. The largest absolute Gasteiger partial charge is 0.369 e. The molecular weight excluding hydrogens is 312 g/mol. The van der Waals surface area contributed by atoms with Crippen LogP contribution in [0.1, 0.15) is 32.3 Å². The fourth-order valence-corrected chi connectivity index (χ4v) is 4.17. The van der Waals surface area contributed by atoms with E-state index in [1.807, 2.05) is 4.90 Å². The molecule has 2 unspecified atom stereocenters. The van der Waals surface area contributed by atoms with E-state index in [2.05, 4.69) is 60.2 Å². The van der Waals surface area contributed by atoms with E-state index >= 15 is 0 Å². The lowest BCUT2D eigenvalue weighted by Crippen LogP contribution is -2.46. The predicted octanol–water partition coefficient (Wildman–Crippen LogP) is 2.70. The minimum Gasteiger partial charge on any atom is -0.369 e. The highest BCUT2D eigenvalue weighted by Crippen LogP contribution is 2.22. The SMILES string of the molecule is CCN(CC)C1CCN(C(=O)NC2CCN(c3cccc(C)c3)C2)C1. The van der Waals surface area contributed by atoms with Gasteiger partial charge in [0.05, 0.1) is 0 Å². The second-order valence-electron chi connectivity index (χ2n) is 7.33. The third-order valence-electron chi connectivity index (χ3n) is 5.66. The number of aryl methyl sites for hydroxylation is 1. The minimum absolute atomic E-state index is 0.116. The number of rotatable bonds is 5. The van der Waals surface area contributed by atoms with Gasteiger partial charge < -0.3 is 15.1 Å². The van der Waals surface area contributed by atoms with Crippen molar-refractivity contribution in [1.82, 2.24) is 15.1 Å². The van der Waals surface area contributed by atoms with Crippen molar-refractivity contribution in [2.24, 2.45) is 0 Å². The Bertz CT molecular complexity index is 587. The summed E-state index contributed by atoms with van der Waals surface area (Å²) in [5.74, 6) is 0. The molecule has 2 amide bonds. The van der Waals surface area contributed by atoms with Gasteiger partial charge in [0.1, 0.15) is 0 Å². The molecule has 138 valence electrons. The molecule has 5 nitrogen and oxygen atoms in total. The molecule has 2 saturated heterocycles. The van der Waals surface area contributed by atoms with Crippen molar-refractivity contribution in [3.8, 4) is 0 Å². The molecule has 0 bridgehead atoms. The number of carbonyl (C=O) groups excluding carboxylic acids is 1. The number of amides is 2. The zero-order chi connectivity index (χ0) is 17.8. The van der Waals surface area contributed by atoms with Gasteiger partial charge in [0.15, 0.2) is 0 Å². The Labute approximate surface area is 152 Å². The lowest BCUT2D eigenvalue weighted by atomic mass is 10.2. The average molecular weight is 345 g/mol. The number of likely N-dealkylation sites (N-methyl/N-ethyl adjacent to an activating group) is 1. The van der Waals surface area contributed by atoms with Crippen LogP contribution in [0.15, 0.2) is 24.3 Å². The maximum absolute atomic E-state index is 12.6. The van der Waals surface area contributed by atoms with Gasteiger partial charge in [0.2, 0.25) is 0 Å². The summed E-state index contributed by atoms with van der Waals surface area (Å²) in [5.41, 5.74) is 2.55. The molecule has 25 heavy (non-hydrogen) atoms. The quantitative estimate of drug-likeness (QED) is 0.893. The fourth-order valence-electron chi connectivity index (χ4n) is 4.17. The molecule has 2 fully saturated rings. The molecule has 2 aliphatic heterocycles. The molecular formula is C20H32N4O. The maximum atomic E-state index is 12.6. The molecule has 1 aromatic rings. The molecule has 1 N–H and O–H groups in total. The standard InChI is InChI=1S/C20H32N4O/c1-4-22(5-2)19-10-12-24(15-19)20(25)21-17-9-11-23(14-17)18-8-6-7-16(3)13-18/h6-8,13,17,19H,4-5,9-12,14-15H2,1-3H3,(H,21,25). The number of anilines is 1. The zero-order valence-corrected chi connectivity index (χ0v) is 15.9. The van der Waals surface area contributed by atoms with Crippen LogP contribution in [-0.2, 0) is 0 Å². The Morgan fingerprint density at radius 1 is 1.20 bits per heavy atom. The smallest absolute Gasteiger partial charge is 0.317 e. The number of carbonyl (C=O) groups is 1. The number of nitrogens with zero attached hydrogens (tertiary/aromatic N) is 3. The molecule has 0 spiro atoms. The van der Waals surface area contributed by atoms with E-state index in [4.69, 9.17) is 0 Å². The lowest BCUT2D eigenvalue weighted by molar-refractivity contribution is 0.190. The Morgan fingerprint density at radius 2 is 2.00 bits per heavy atom. The first-order valence-corrected chi connectivity index (χ1v) is 9.71. The Balaban J connectivity index is 1.49. The van der Waals surface area contributed by atoms with E-state index < -0.39 is 0 Å². The van der Waals surface area contributed by atoms with Crippen molar-refractivity contribution in [2.45, 2.75) is 45.7 Å². The molecule has 2 aliphatic rings. The molecule has 5 heteroatoms. The van der Waals surface area contributed by atoms with E-state index in [1.165, 1.54) is 11.3 Å². The highest BCUT2D eigenvalue weighted by atomic mass is 16.2. The summed E-state index contributed by atoms with van der Waals surface area (Å²) in [6, 6.07) is 9.50. The molecule has 2 atom stereocenters. The van der Waals surface area contributed by atoms with Crippen LogP contribution in [0.5, 0.6) is 0 Å². The van der Waals surface area contributed by atoms with Gasteiger partial charge in [-0.25, -0.2) is 4.79 Å². The Hall–Kier alpha value is -1.75. The van der Waals surface area contributed by atoms with E-state index in [1.54, 1.807) is 0 Å². The second-order valence-corrected chi connectivity index (χ2v) is 7.33. The van der Waals surface area contributed by atoms with Gasteiger partial charge in [0, 0.05) is 44.0 Å². The number of nitrogens with one attached hydrogen (secondary N) is 1. The molecule has 0 aromatic heterocycles. The molecule has 0 aliphatic carbocycles. The first kappa shape index (κ1) is 18.1. The highest BCUT2D eigenvalue weighted by Gasteiger charge is 2.31. The number of likely N-dealkylation sites (tertiary alicyclic amines) is 1. The van der Waals surface area contributed by atoms with Crippen LogP contribution in [0.4, 0.5) is 10.5 Å². The van der Waals surface area contributed by atoms with Gasteiger partial charge in [-0.1, -0.05) is 26.0 Å². The fraction of sp³-hybridized carbons (Fsp3) is 0.650. The highest BCUT2D eigenvalue weighted by molar-refractivity contribution is 5.75. The van der Waals surface area contributed by atoms with Gasteiger partial charge in [-0.2, -0.15) is 0 Å². The second kappa shape index (κ2) is 8.09. The van der Waals surface area contributed by atoms with Gasteiger partial charge in [-0.3, -0.25) is 4.90 Å². The van der Waals surface area contributed by atoms with Crippen molar-refractivity contribution >= 4 is 11.7 Å². The van der Waals surface area contributed by atoms with Gasteiger partial charge in [-0.05, 0) is 50.6 Å². The van der Waals surface area contributed by atoms with E-state index in [0.717, 1.165) is 52.1 Å². The first-order chi connectivity index (χ1) is 12.1. The summed E-state index contributed by atoms with van der Waals surface area (Å²) in [7, 11) is 0. The van der Waals surface area contributed by atoms with Crippen molar-refractivity contribution in [3.63, 3.8) is 0 Å². The van der Waals surface area contributed by atoms with Crippen LogP contribution in [0.25, 0.3) is 0 Å². The summed E-state index contributed by atoms with van der Waals surface area (Å²) in [6.07, 6.45) is 2.11. The predicted molar refractivity (Wildman–Crippen MR) is 103 cm³/mol. The topological polar surface area (TPSA) is 38.8 Å². The van der Waals surface area contributed by atoms with E-state index in [9.17, 15) is 4.79 Å². The first-order valence-electron chi connectivity index (χ1n) is 9.71. The monoisotopic (exact) mass is 344 g/mol. The van der Waals surface area contributed by atoms with E-state index in [-0.39, 0.29) is 12.1 Å². The lowest BCUT2D eigenvalue weighted by Gasteiger charge is -2.26. The van der Waals surface area contributed by atoms with Gasteiger partial charge in [0.25, 0.3) is 0 Å². The van der Waals surface area contributed by atoms with Crippen molar-refractivity contribution < 1.29 is 4.79 Å². The normalized spacial score (nSPS) is 23.5. The molecule has 0 saturated carbocycles. The summed E-state index contributed by atoms with van der Waals surface area (Å²) in [5, 5.41) is 3.26. The summed E-state index contributed by atoms with van der Waals surface area (Å²) in [6.45, 7) is 12.3. The Morgan fingerprint density at radius 3 is 2.72 bits per heavy atom. The Kier molecular flexibility index (Phi) is 5.84. The third kappa shape index (κ3) is 4.27. The molecule has 2 heterocycles. The van der Waals surface area contributed by atoms with Crippen molar-refractivity contribution in [2.75, 3.05) is 44.2 Å². The summed E-state index contributed by atoms with van der Waals surface area (Å²) >= 11 is 0. The minimum atomic E-state index is 0.116. The number of hydrogen-bond acceptors (Lipinski definition) is 3. The number of urea groups is 1. The molecule has 1 aromatic carbocycles. The number of benzene rings is 1. The van der Waals surface area contributed by atoms with Crippen LogP contribution in [0.2, 0.25) is 0 Å². The summed E-state index contributed by atoms with van der Waals surface area (Å²) < 4.78 is 0. The molecule has 3 rings (SSSR count). The average Bonchev–Trinajstić information content (AvgIpc) is 3.26. The van der Waals surface area contributed by atoms with Crippen LogP contribution >= 0.6 is 0 Å². The van der Waals surface area contributed by atoms with Crippen LogP contribution in [0, 0.1) is 6.92 Å². The van der Waals surface area contributed by atoms with Gasteiger partial charge in [-0.15, -0.1) is 0 Å². The molecule has 0 radical (unpaired) electrons. The van der Waals surface area contributed by atoms with Crippen LogP contribution < -0.4 is 10.2 Å². The van der Waals surface area contributed by atoms with Crippen molar-refractivity contribution in [1.29, 1.82) is 0 Å². The van der Waals surface area contributed by atoms with E-state index in [0.29, 0.717) is 6.04 Å². The van der Waals surface area contributed by atoms with Crippen molar-refractivity contribution in [3.05, 3.63) is 29.8 Å². The van der Waals surface area contributed by atoms with Crippen LogP contribution in [0.3, 0.4) is 0 Å². The maximum Gasteiger partial charge on any atom is 0.317 e. The van der Waals surface area contributed by atoms with Crippen LogP contribution in [-0.4, -0.2) is 67.2 Å². The number of hydrogen-bond donors (Lipinski definition) is 1. The third-order valence-corrected chi connectivity index (χ3v) is 5.66. The van der Waals surface area contributed by atoms with Gasteiger partial charge >= 0.3 is 6.03 Å². The zero-order valence-electron chi connectivity index (χ0n) is 15.9.